The Kier molecular flexibility index (Phi) is 3.63. The second-order valence-corrected chi connectivity index (χ2v) is 3.20. The van der Waals surface area contributed by atoms with Crippen molar-refractivity contribution in [2.24, 2.45) is 0 Å². The van der Waals surface area contributed by atoms with Crippen molar-refractivity contribution in [1.29, 1.82) is 0 Å². The molecule has 0 N–H and O–H groups in total. The number of aromatic nitrogens is 1. The van der Waals surface area contributed by atoms with E-state index in [0.29, 0.717) is 6.07 Å². The first-order valence-corrected chi connectivity index (χ1v) is 4.43. The molecule has 0 atom stereocenters. The number of aryl methyl sites for hydroxylation is 1. The van der Waals surface area contributed by atoms with Gasteiger partial charge < -0.3 is 9.47 Å². The summed E-state index contributed by atoms with van der Waals surface area (Å²) < 4.78 is 81.2. The van der Waals surface area contributed by atoms with Gasteiger partial charge in [0, 0.05) is 6.07 Å². The highest BCUT2D eigenvalue weighted by Gasteiger charge is 2.39. The molecule has 18 heavy (non-hydrogen) atoms. The summed E-state index contributed by atoms with van der Waals surface area (Å²) in [6.45, 7) is 1.15. The predicted octanol–water partition coefficient (Wildman–Crippen LogP) is 3.32. The number of rotatable bonds is 2. The zero-order valence-electron chi connectivity index (χ0n) is 9.11. The van der Waals surface area contributed by atoms with Gasteiger partial charge in [-0.15, -0.1) is 13.2 Å². The molecule has 1 aromatic heterocycles. The Morgan fingerprint density at radius 3 is 2.06 bits per heavy atom. The van der Waals surface area contributed by atoms with E-state index in [-0.39, 0.29) is 5.56 Å². The normalized spacial score (nSPS) is 12.4. The molecule has 0 unspecified atom stereocenters. The highest BCUT2D eigenvalue weighted by Crippen LogP contribution is 2.38. The summed E-state index contributed by atoms with van der Waals surface area (Å²) in [4.78, 5) is 2.77. The molecule has 1 aromatic rings. The first kappa shape index (κ1) is 14.4. The molecule has 0 bridgehead atoms. The maximum absolute atomic E-state index is 12.5. The van der Waals surface area contributed by atoms with Crippen molar-refractivity contribution in [2.45, 2.75) is 19.5 Å². The molecule has 0 aromatic carbocycles. The number of ether oxygens (including phenoxy) is 2. The van der Waals surface area contributed by atoms with Gasteiger partial charge in [-0.05, 0) is 12.5 Å². The highest BCUT2D eigenvalue weighted by atomic mass is 19.4. The van der Waals surface area contributed by atoms with Crippen LogP contribution in [-0.4, -0.2) is 18.5 Å². The molecule has 9 heteroatoms. The maximum Gasteiger partial charge on any atom is 0.574 e. The number of alkyl halides is 6. The molecule has 0 amide bonds. The minimum absolute atomic E-state index is 0.168. The minimum Gasteiger partial charge on any atom is -0.494 e. The lowest BCUT2D eigenvalue weighted by molar-refractivity contribution is -0.276. The fourth-order valence-electron chi connectivity index (χ4n) is 1.25. The van der Waals surface area contributed by atoms with Crippen LogP contribution in [-0.2, 0) is 6.18 Å². The topological polar surface area (TPSA) is 31.4 Å². The average Bonchev–Trinajstić information content (AvgIpc) is 2.12. The van der Waals surface area contributed by atoms with Crippen LogP contribution in [0.25, 0.3) is 0 Å². The van der Waals surface area contributed by atoms with Gasteiger partial charge in [0.1, 0.15) is 0 Å². The van der Waals surface area contributed by atoms with Gasteiger partial charge in [0.2, 0.25) is 5.88 Å². The van der Waals surface area contributed by atoms with Gasteiger partial charge in [0.25, 0.3) is 0 Å². The maximum atomic E-state index is 12.5. The molecular formula is C9H7F6NO2. The summed E-state index contributed by atoms with van der Waals surface area (Å²) in [5.74, 6) is -1.83. The fraction of sp³-hybridized carbons (Fsp3) is 0.444. The van der Waals surface area contributed by atoms with Crippen LogP contribution in [0.4, 0.5) is 26.3 Å². The molecule has 1 heterocycles. The zero-order chi connectivity index (χ0) is 14.1. The Morgan fingerprint density at radius 2 is 1.67 bits per heavy atom. The van der Waals surface area contributed by atoms with E-state index in [2.05, 4.69) is 14.5 Å². The van der Waals surface area contributed by atoms with Crippen LogP contribution in [0.2, 0.25) is 0 Å². The van der Waals surface area contributed by atoms with Crippen LogP contribution in [0.3, 0.4) is 0 Å². The summed E-state index contributed by atoms with van der Waals surface area (Å²) in [6, 6.07) is 0.710. The van der Waals surface area contributed by atoms with Crippen molar-refractivity contribution in [3.8, 4) is 11.6 Å². The monoisotopic (exact) mass is 275 g/mol. The lowest BCUT2D eigenvalue weighted by atomic mass is 10.2. The molecule has 0 aliphatic rings. The third kappa shape index (κ3) is 3.41. The van der Waals surface area contributed by atoms with Crippen molar-refractivity contribution in [3.63, 3.8) is 0 Å². The second-order valence-electron chi connectivity index (χ2n) is 3.20. The molecule has 0 saturated heterocycles. The summed E-state index contributed by atoms with van der Waals surface area (Å²) in [7, 11) is 0.962. The van der Waals surface area contributed by atoms with Crippen molar-refractivity contribution >= 4 is 0 Å². The van der Waals surface area contributed by atoms with Crippen molar-refractivity contribution in [2.75, 3.05) is 7.11 Å². The molecule has 0 saturated carbocycles. The van der Waals surface area contributed by atoms with E-state index < -0.39 is 29.9 Å². The molecule has 102 valence electrons. The molecule has 0 fully saturated rings. The Bertz CT molecular complexity index is 440. The van der Waals surface area contributed by atoms with E-state index in [1.165, 1.54) is 0 Å². The molecule has 3 nitrogen and oxygen atoms in total. The van der Waals surface area contributed by atoms with Gasteiger partial charge in [-0.3, -0.25) is 0 Å². The van der Waals surface area contributed by atoms with E-state index in [9.17, 15) is 26.3 Å². The summed E-state index contributed by atoms with van der Waals surface area (Å²) >= 11 is 0. The fourth-order valence-corrected chi connectivity index (χ4v) is 1.25. The molecule has 0 aliphatic carbocycles. The van der Waals surface area contributed by atoms with Gasteiger partial charge in [-0.25, -0.2) is 4.98 Å². The van der Waals surface area contributed by atoms with E-state index >= 15 is 0 Å². The van der Waals surface area contributed by atoms with Gasteiger partial charge in [-0.1, -0.05) is 0 Å². The largest absolute Gasteiger partial charge is 0.574 e. The van der Waals surface area contributed by atoms with Gasteiger partial charge in [0.05, 0.1) is 7.11 Å². The molecular weight excluding hydrogens is 268 g/mol. The highest BCUT2D eigenvalue weighted by molar-refractivity contribution is 5.41. The minimum atomic E-state index is -5.11. The van der Waals surface area contributed by atoms with Crippen molar-refractivity contribution in [3.05, 3.63) is 17.3 Å². The Morgan fingerprint density at radius 1 is 1.11 bits per heavy atom. The number of hydrogen-bond acceptors (Lipinski definition) is 3. The van der Waals surface area contributed by atoms with Crippen LogP contribution in [0.1, 0.15) is 11.3 Å². The predicted molar refractivity (Wildman–Crippen MR) is 47.2 cm³/mol. The number of pyridine rings is 1. The van der Waals surface area contributed by atoms with Gasteiger partial charge >= 0.3 is 12.5 Å². The number of methoxy groups -OCH3 is 1. The molecule has 0 radical (unpaired) electrons. The van der Waals surface area contributed by atoms with Crippen LogP contribution in [0.15, 0.2) is 6.07 Å². The van der Waals surface area contributed by atoms with E-state index in [0.717, 1.165) is 14.0 Å². The lowest BCUT2D eigenvalue weighted by Crippen LogP contribution is -2.20. The smallest absolute Gasteiger partial charge is 0.494 e. The van der Waals surface area contributed by atoms with E-state index in [4.69, 9.17) is 0 Å². The first-order chi connectivity index (χ1) is 8.04. The average molecular weight is 275 g/mol. The van der Waals surface area contributed by atoms with Crippen LogP contribution in [0, 0.1) is 6.92 Å². The zero-order valence-corrected chi connectivity index (χ0v) is 9.11. The molecule has 0 aliphatic heterocycles. The van der Waals surface area contributed by atoms with Crippen LogP contribution in [0.5, 0.6) is 11.6 Å². The summed E-state index contributed by atoms with van der Waals surface area (Å²) in [6.07, 6.45) is -10.1. The SMILES string of the molecule is COc1c(C)cc(OC(F)(F)F)nc1C(F)(F)F. The van der Waals surface area contributed by atoms with Crippen LogP contribution < -0.4 is 9.47 Å². The molecule has 0 spiro atoms. The Hall–Kier alpha value is -1.67. The molecule has 1 rings (SSSR count). The summed E-state index contributed by atoms with van der Waals surface area (Å²) in [5, 5.41) is 0. The number of halogens is 6. The van der Waals surface area contributed by atoms with E-state index in [1.807, 2.05) is 0 Å². The Balaban J connectivity index is 3.31. The second kappa shape index (κ2) is 4.54. The number of hydrogen-bond donors (Lipinski definition) is 0. The van der Waals surface area contributed by atoms with Gasteiger partial charge in [0.15, 0.2) is 11.4 Å². The standard InChI is InChI=1S/C9H7F6NO2/c1-4-3-5(18-9(13,14)15)16-7(6(4)17-2)8(10,11)12/h3H,1-2H3. The summed E-state index contributed by atoms with van der Waals surface area (Å²) in [5.41, 5.74) is -1.73. The number of nitrogens with zero attached hydrogens (tertiary/aromatic N) is 1. The quantitative estimate of drug-likeness (QED) is 0.776. The van der Waals surface area contributed by atoms with Gasteiger partial charge in [-0.2, -0.15) is 13.2 Å². The van der Waals surface area contributed by atoms with Crippen molar-refractivity contribution in [1.82, 2.24) is 4.98 Å². The Labute approximate surface area is 97.3 Å². The van der Waals surface area contributed by atoms with Crippen molar-refractivity contribution < 1.29 is 35.8 Å². The van der Waals surface area contributed by atoms with Crippen LogP contribution >= 0.6 is 0 Å². The lowest BCUT2D eigenvalue weighted by Gasteiger charge is -2.15. The first-order valence-electron chi connectivity index (χ1n) is 4.43. The third-order valence-electron chi connectivity index (χ3n) is 1.83. The van der Waals surface area contributed by atoms with E-state index in [1.54, 1.807) is 0 Å². The third-order valence-corrected chi connectivity index (χ3v) is 1.83.